The Morgan fingerprint density at radius 1 is 1.36 bits per heavy atom. The minimum Gasteiger partial charge on any atom is -0.425 e. The van der Waals surface area contributed by atoms with E-state index in [0.29, 0.717) is 17.1 Å². The Morgan fingerprint density at radius 3 is 3.00 bits per heavy atom. The molecular formula is C8H6O2S. The van der Waals surface area contributed by atoms with Crippen molar-refractivity contribution in [2.75, 3.05) is 5.75 Å². The molecule has 1 heterocycles. The van der Waals surface area contributed by atoms with Gasteiger partial charge in [-0.3, -0.25) is 4.79 Å². The summed E-state index contributed by atoms with van der Waals surface area (Å²) in [4.78, 5) is 11.2. The fourth-order valence-electron chi connectivity index (χ4n) is 0.994. The van der Waals surface area contributed by atoms with Gasteiger partial charge >= 0.3 is 0 Å². The SMILES string of the molecule is O=C1CSOc2ccccc21. The lowest BCUT2D eigenvalue weighted by Gasteiger charge is -2.12. The number of para-hydroxylation sites is 1. The molecule has 0 aliphatic carbocycles. The molecule has 2 rings (SSSR count). The highest BCUT2D eigenvalue weighted by Gasteiger charge is 2.17. The molecule has 0 unspecified atom stereocenters. The molecule has 0 atom stereocenters. The molecule has 2 nitrogen and oxygen atoms in total. The Labute approximate surface area is 68.8 Å². The molecule has 0 aromatic heterocycles. The lowest BCUT2D eigenvalue weighted by molar-refractivity contribution is 0.101. The van der Waals surface area contributed by atoms with E-state index in [1.54, 1.807) is 12.1 Å². The Bertz CT molecular complexity index is 296. The second-order valence-corrected chi connectivity index (χ2v) is 2.96. The molecule has 0 amide bonds. The lowest BCUT2D eigenvalue weighted by atomic mass is 10.1. The molecule has 1 aromatic rings. The number of Topliss-reactive ketones (excluding diaryl/α,β-unsaturated/α-hetero) is 1. The first-order valence-electron chi connectivity index (χ1n) is 3.29. The Hall–Kier alpha value is -0.960. The number of carbonyl (C=O) groups excluding carboxylic acids is 1. The van der Waals surface area contributed by atoms with Crippen molar-refractivity contribution in [3.8, 4) is 5.75 Å². The van der Waals surface area contributed by atoms with E-state index in [1.165, 1.54) is 12.0 Å². The Balaban J connectivity index is 2.52. The number of carbonyl (C=O) groups is 1. The van der Waals surface area contributed by atoms with Crippen molar-refractivity contribution in [3.05, 3.63) is 29.8 Å². The van der Waals surface area contributed by atoms with Crippen LogP contribution in [0.5, 0.6) is 5.75 Å². The van der Waals surface area contributed by atoms with Gasteiger partial charge < -0.3 is 4.18 Å². The van der Waals surface area contributed by atoms with E-state index >= 15 is 0 Å². The summed E-state index contributed by atoms with van der Waals surface area (Å²) in [6.45, 7) is 0. The lowest BCUT2D eigenvalue weighted by Crippen LogP contribution is -2.10. The van der Waals surface area contributed by atoms with Crippen LogP contribution in [0, 0.1) is 0 Å². The van der Waals surface area contributed by atoms with Crippen molar-refractivity contribution in [2.45, 2.75) is 0 Å². The molecule has 0 bridgehead atoms. The van der Waals surface area contributed by atoms with Crippen LogP contribution in [0.25, 0.3) is 0 Å². The highest BCUT2D eigenvalue weighted by Crippen LogP contribution is 2.27. The number of hydrogen-bond donors (Lipinski definition) is 0. The van der Waals surface area contributed by atoms with Crippen LogP contribution in [0.1, 0.15) is 10.4 Å². The number of rotatable bonds is 0. The zero-order valence-corrected chi connectivity index (χ0v) is 6.56. The van der Waals surface area contributed by atoms with Gasteiger partial charge in [0.15, 0.2) is 5.78 Å². The maximum atomic E-state index is 11.2. The van der Waals surface area contributed by atoms with Gasteiger partial charge in [-0.05, 0) is 12.1 Å². The van der Waals surface area contributed by atoms with Gasteiger partial charge in [0.1, 0.15) is 5.75 Å². The van der Waals surface area contributed by atoms with Crippen molar-refractivity contribution >= 4 is 17.8 Å². The van der Waals surface area contributed by atoms with Crippen molar-refractivity contribution in [1.29, 1.82) is 0 Å². The van der Waals surface area contributed by atoms with Crippen molar-refractivity contribution < 1.29 is 8.98 Å². The third-order valence-corrected chi connectivity index (χ3v) is 2.20. The standard InChI is InChI=1S/C8H6O2S/c9-7-5-11-10-8-4-2-1-3-6(7)8/h1-4H,5H2. The van der Waals surface area contributed by atoms with Gasteiger partial charge in [-0.2, -0.15) is 0 Å². The molecule has 0 saturated heterocycles. The minimum atomic E-state index is 0.150. The summed E-state index contributed by atoms with van der Waals surface area (Å²) < 4.78 is 5.19. The van der Waals surface area contributed by atoms with Gasteiger partial charge in [0, 0.05) is 0 Å². The topological polar surface area (TPSA) is 26.3 Å². The third kappa shape index (κ3) is 1.12. The summed E-state index contributed by atoms with van der Waals surface area (Å²) in [6, 6.07) is 7.30. The number of benzene rings is 1. The van der Waals surface area contributed by atoms with E-state index < -0.39 is 0 Å². The fourth-order valence-corrected chi connectivity index (χ4v) is 1.59. The van der Waals surface area contributed by atoms with Crippen LogP contribution < -0.4 is 4.18 Å². The van der Waals surface area contributed by atoms with Crippen LogP contribution in [0.2, 0.25) is 0 Å². The average Bonchev–Trinajstić information content (AvgIpc) is 2.06. The predicted octanol–water partition coefficient (Wildman–Crippen LogP) is 1.91. The van der Waals surface area contributed by atoms with E-state index in [4.69, 9.17) is 4.18 Å². The number of hydrogen-bond acceptors (Lipinski definition) is 3. The molecule has 0 fully saturated rings. The predicted molar refractivity (Wildman–Crippen MR) is 43.9 cm³/mol. The smallest absolute Gasteiger partial charge is 0.179 e. The third-order valence-electron chi connectivity index (χ3n) is 1.53. The Kier molecular flexibility index (Phi) is 1.58. The molecule has 0 radical (unpaired) electrons. The van der Waals surface area contributed by atoms with Crippen LogP contribution in [0.15, 0.2) is 24.3 Å². The van der Waals surface area contributed by atoms with Gasteiger partial charge in [0.2, 0.25) is 0 Å². The molecule has 11 heavy (non-hydrogen) atoms. The molecule has 56 valence electrons. The first-order valence-corrected chi connectivity index (χ1v) is 4.21. The average molecular weight is 166 g/mol. The molecular weight excluding hydrogens is 160 g/mol. The second-order valence-electron chi connectivity index (χ2n) is 2.26. The van der Waals surface area contributed by atoms with E-state index in [1.807, 2.05) is 12.1 Å². The van der Waals surface area contributed by atoms with E-state index in [2.05, 4.69) is 0 Å². The van der Waals surface area contributed by atoms with Crippen LogP contribution >= 0.6 is 12.0 Å². The largest absolute Gasteiger partial charge is 0.425 e. The maximum absolute atomic E-state index is 11.2. The maximum Gasteiger partial charge on any atom is 0.179 e. The highest BCUT2D eigenvalue weighted by molar-refractivity contribution is 7.95. The zero-order chi connectivity index (χ0) is 7.68. The summed E-state index contributed by atoms with van der Waals surface area (Å²) in [5.74, 6) is 1.27. The van der Waals surface area contributed by atoms with Gasteiger partial charge in [-0.25, -0.2) is 0 Å². The zero-order valence-electron chi connectivity index (χ0n) is 5.74. The van der Waals surface area contributed by atoms with Crippen molar-refractivity contribution in [3.63, 3.8) is 0 Å². The quantitative estimate of drug-likeness (QED) is 0.551. The van der Waals surface area contributed by atoms with Crippen LogP contribution in [-0.4, -0.2) is 11.5 Å². The van der Waals surface area contributed by atoms with Gasteiger partial charge in [0.25, 0.3) is 0 Å². The first kappa shape index (κ1) is 6.73. The summed E-state index contributed by atoms with van der Waals surface area (Å²) in [7, 11) is 0. The number of ketones is 1. The monoisotopic (exact) mass is 166 g/mol. The Morgan fingerprint density at radius 2 is 2.18 bits per heavy atom. The molecule has 1 aliphatic heterocycles. The molecule has 0 N–H and O–H groups in total. The summed E-state index contributed by atoms with van der Waals surface area (Å²) in [6.07, 6.45) is 0. The van der Waals surface area contributed by atoms with Gasteiger partial charge in [-0.15, -0.1) is 0 Å². The van der Waals surface area contributed by atoms with Crippen LogP contribution in [0.3, 0.4) is 0 Å². The molecule has 1 aliphatic rings. The van der Waals surface area contributed by atoms with Crippen LogP contribution in [0.4, 0.5) is 0 Å². The van der Waals surface area contributed by atoms with Crippen molar-refractivity contribution in [1.82, 2.24) is 0 Å². The summed E-state index contributed by atoms with van der Waals surface area (Å²) in [5, 5.41) is 0. The molecule has 0 spiro atoms. The molecule has 1 aromatic carbocycles. The normalized spacial score (nSPS) is 15.5. The van der Waals surface area contributed by atoms with E-state index in [9.17, 15) is 4.79 Å². The summed E-state index contributed by atoms with van der Waals surface area (Å²) in [5.41, 5.74) is 0.700. The summed E-state index contributed by atoms with van der Waals surface area (Å²) >= 11 is 1.20. The second kappa shape index (κ2) is 2.58. The highest BCUT2D eigenvalue weighted by atomic mass is 32.2. The van der Waals surface area contributed by atoms with Gasteiger partial charge in [-0.1, -0.05) is 12.1 Å². The molecule has 3 heteroatoms. The minimum absolute atomic E-state index is 0.150. The first-order chi connectivity index (χ1) is 5.38. The van der Waals surface area contributed by atoms with Crippen LogP contribution in [-0.2, 0) is 0 Å². The fraction of sp³-hybridized carbons (Fsp3) is 0.125. The van der Waals surface area contributed by atoms with Gasteiger partial charge in [0.05, 0.1) is 23.4 Å². The molecule has 0 saturated carbocycles. The van der Waals surface area contributed by atoms with E-state index in [0.717, 1.165) is 0 Å². The van der Waals surface area contributed by atoms with E-state index in [-0.39, 0.29) is 5.78 Å². The van der Waals surface area contributed by atoms with Crippen molar-refractivity contribution in [2.24, 2.45) is 0 Å². The number of fused-ring (bicyclic) bond motifs is 1.